The Labute approximate surface area is 199 Å². The molecule has 0 amide bonds. The molecule has 8 heteroatoms. The number of methoxy groups -OCH3 is 1. The maximum absolute atomic E-state index is 14.0. The van der Waals surface area contributed by atoms with E-state index in [-0.39, 0.29) is 12.0 Å². The Balaban J connectivity index is 1.26. The number of halogens is 1. The van der Waals surface area contributed by atoms with Gasteiger partial charge >= 0.3 is 6.01 Å². The molecule has 3 unspecified atom stereocenters. The van der Waals surface area contributed by atoms with Crippen LogP contribution in [0.25, 0.3) is 0 Å². The lowest BCUT2D eigenvalue weighted by atomic mass is 9.70. The van der Waals surface area contributed by atoms with Crippen LogP contribution in [-0.4, -0.2) is 53.1 Å². The standard InChI is InChI=1S/C26H31FN6O/c1-16-23-25(31-26(29-16)34-2)33(24(30-23)20-11-21(27)13-28-12-20)14-17-3-5-18(6-4-17)22-15-32-9-7-19(22)8-10-32/h3-5,11-13,18-19,22,24,30H,6-10,14-15H2,1-2H3. The number of fused-ring (bicyclic) bond motifs is 4. The third-order valence-corrected chi connectivity index (χ3v) is 7.96. The zero-order chi connectivity index (χ0) is 23.2. The number of nitrogens with zero attached hydrogens (tertiary/aromatic N) is 5. The van der Waals surface area contributed by atoms with Gasteiger partial charge in [-0.05, 0) is 68.7 Å². The van der Waals surface area contributed by atoms with E-state index in [9.17, 15) is 4.39 Å². The van der Waals surface area contributed by atoms with Gasteiger partial charge in [-0.25, -0.2) is 4.39 Å². The van der Waals surface area contributed by atoms with Crippen LogP contribution in [0.1, 0.15) is 36.7 Å². The van der Waals surface area contributed by atoms with Crippen molar-refractivity contribution in [3.8, 4) is 6.01 Å². The first-order chi connectivity index (χ1) is 16.6. The second-order valence-electron chi connectivity index (χ2n) is 9.95. The van der Waals surface area contributed by atoms with Gasteiger partial charge in [0.05, 0.1) is 19.0 Å². The maximum Gasteiger partial charge on any atom is 0.318 e. The summed E-state index contributed by atoms with van der Waals surface area (Å²) < 4.78 is 19.4. The van der Waals surface area contributed by atoms with Crippen LogP contribution < -0.4 is 15.0 Å². The van der Waals surface area contributed by atoms with Gasteiger partial charge in [0.2, 0.25) is 0 Å². The van der Waals surface area contributed by atoms with Crippen molar-refractivity contribution in [3.05, 3.63) is 59.3 Å². The lowest BCUT2D eigenvalue weighted by Crippen LogP contribution is -2.49. The molecule has 0 aromatic carbocycles. The molecular weight excluding hydrogens is 431 g/mol. The molecule has 1 N–H and O–H groups in total. The molecule has 0 spiro atoms. The van der Waals surface area contributed by atoms with E-state index in [0.717, 1.165) is 41.0 Å². The summed E-state index contributed by atoms with van der Waals surface area (Å²) in [5.74, 6) is 2.69. The quantitative estimate of drug-likeness (QED) is 0.718. The van der Waals surface area contributed by atoms with Crippen molar-refractivity contribution in [1.29, 1.82) is 0 Å². The van der Waals surface area contributed by atoms with Crippen molar-refractivity contribution in [1.82, 2.24) is 19.9 Å². The highest BCUT2D eigenvalue weighted by molar-refractivity contribution is 5.76. The van der Waals surface area contributed by atoms with Crippen LogP contribution in [0, 0.1) is 30.5 Å². The van der Waals surface area contributed by atoms with E-state index < -0.39 is 0 Å². The number of piperidine rings is 3. The Morgan fingerprint density at radius 3 is 2.74 bits per heavy atom. The highest BCUT2D eigenvalue weighted by Gasteiger charge is 2.38. The summed E-state index contributed by atoms with van der Waals surface area (Å²) >= 11 is 0. The highest BCUT2D eigenvalue weighted by Crippen LogP contribution is 2.44. The summed E-state index contributed by atoms with van der Waals surface area (Å²) in [6, 6.07) is 1.86. The minimum atomic E-state index is -0.354. The largest absolute Gasteiger partial charge is 0.467 e. The zero-order valence-corrected chi connectivity index (χ0v) is 19.7. The first-order valence-electron chi connectivity index (χ1n) is 12.2. The minimum Gasteiger partial charge on any atom is -0.467 e. The van der Waals surface area contributed by atoms with Gasteiger partial charge in [-0.1, -0.05) is 18.2 Å². The number of hydrogen-bond acceptors (Lipinski definition) is 7. The van der Waals surface area contributed by atoms with Gasteiger partial charge in [0, 0.05) is 24.8 Å². The van der Waals surface area contributed by atoms with Gasteiger partial charge in [-0.2, -0.15) is 9.97 Å². The fourth-order valence-corrected chi connectivity index (χ4v) is 6.15. The lowest BCUT2D eigenvalue weighted by Gasteiger charge is -2.47. The first kappa shape index (κ1) is 21.5. The van der Waals surface area contributed by atoms with Gasteiger partial charge in [0.25, 0.3) is 0 Å². The molecule has 2 aromatic rings. The van der Waals surface area contributed by atoms with Crippen molar-refractivity contribution < 1.29 is 9.13 Å². The van der Waals surface area contributed by atoms with Crippen LogP contribution >= 0.6 is 0 Å². The average molecular weight is 463 g/mol. The Morgan fingerprint density at radius 2 is 2.06 bits per heavy atom. The Kier molecular flexibility index (Phi) is 5.48. The molecule has 2 aromatic heterocycles. The van der Waals surface area contributed by atoms with E-state index >= 15 is 0 Å². The van der Waals surface area contributed by atoms with Crippen LogP contribution in [0.3, 0.4) is 0 Å². The van der Waals surface area contributed by atoms with Crippen molar-refractivity contribution in [2.24, 2.45) is 17.8 Å². The number of anilines is 2. The molecule has 1 aliphatic carbocycles. The van der Waals surface area contributed by atoms with Crippen LogP contribution in [0.2, 0.25) is 0 Å². The summed E-state index contributed by atoms with van der Waals surface area (Å²) in [5, 5.41) is 3.50. The average Bonchev–Trinajstić information content (AvgIpc) is 3.24. The summed E-state index contributed by atoms with van der Waals surface area (Å²) in [4.78, 5) is 17.9. The number of hydrogen-bond donors (Lipinski definition) is 1. The molecule has 0 saturated carbocycles. The summed E-state index contributed by atoms with van der Waals surface area (Å²) in [6.07, 6.45) is 13.5. The third-order valence-electron chi connectivity index (χ3n) is 7.96. The minimum absolute atomic E-state index is 0.285. The Morgan fingerprint density at radius 1 is 1.21 bits per heavy atom. The predicted molar refractivity (Wildman–Crippen MR) is 129 cm³/mol. The molecule has 7 rings (SSSR count). The van der Waals surface area contributed by atoms with Gasteiger partial charge in [0.1, 0.15) is 17.7 Å². The normalized spacial score (nSPS) is 29.6. The van der Waals surface area contributed by atoms with Gasteiger partial charge in [0.15, 0.2) is 5.82 Å². The molecule has 34 heavy (non-hydrogen) atoms. The van der Waals surface area contributed by atoms with Crippen LogP contribution in [0.4, 0.5) is 15.9 Å². The van der Waals surface area contributed by atoms with Crippen molar-refractivity contribution >= 4 is 11.5 Å². The van der Waals surface area contributed by atoms with E-state index in [0.29, 0.717) is 18.5 Å². The van der Waals surface area contributed by atoms with Crippen LogP contribution in [-0.2, 0) is 0 Å². The topological polar surface area (TPSA) is 66.4 Å². The number of aromatic nitrogens is 3. The molecule has 178 valence electrons. The molecule has 5 aliphatic rings. The number of ether oxygens (including phenoxy) is 1. The fourth-order valence-electron chi connectivity index (χ4n) is 6.15. The monoisotopic (exact) mass is 462 g/mol. The third kappa shape index (κ3) is 3.83. The SMILES string of the molecule is COc1nc(C)c2c(n1)N(CC1=CCC(C3CN4CCC3CC4)C=C1)C(c1cncc(F)c1)N2. The van der Waals surface area contributed by atoms with Crippen LogP contribution in [0.5, 0.6) is 6.01 Å². The summed E-state index contributed by atoms with van der Waals surface area (Å²) in [7, 11) is 1.57. The zero-order valence-electron chi connectivity index (χ0n) is 19.7. The molecule has 3 atom stereocenters. The van der Waals surface area contributed by atoms with E-state index in [4.69, 9.17) is 4.74 Å². The molecule has 6 heterocycles. The molecule has 7 nitrogen and oxygen atoms in total. The van der Waals surface area contributed by atoms with E-state index in [1.807, 2.05) is 6.92 Å². The molecule has 0 radical (unpaired) electrons. The van der Waals surface area contributed by atoms with E-state index in [1.165, 1.54) is 50.3 Å². The number of pyridine rings is 1. The molecule has 4 aliphatic heterocycles. The van der Waals surface area contributed by atoms with Crippen molar-refractivity contribution in [3.63, 3.8) is 0 Å². The number of allylic oxidation sites excluding steroid dienone is 2. The highest BCUT2D eigenvalue weighted by atomic mass is 19.1. The maximum atomic E-state index is 14.0. The van der Waals surface area contributed by atoms with Gasteiger partial charge in [-0.3, -0.25) is 4.98 Å². The van der Waals surface area contributed by atoms with E-state index in [2.05, 4.69) is 48.3 Å². The smallest absolute Gasteiger partial charge is 0.318 e. The summed E-state index contributed by atoms with van der Waals surface area (Å²) in [5.41, 5.74) is 3.65. The second-order valence-corrected chi connectivity index (χ2v) is 9.95. The van der Waals surface area contributed by atoms with Gasteiger partial charge < -0.3 is 19.9 Å². The number of nitrogens with one attached hydrogen (secondary N) is 1. The summed E-state index contributed by atoms with van der Waals surface area (Å²) in [6.45, 7) is 6.39. The van der Waals surface area contributed by atoms with E-state index in [1.54, 1.807) is 13.3 Å². The first-order valence-corrected chi connectivity index (χ1v) is 12.2. The van der Waals surface area contributed by atoms with Crippen molar-refractivity contribution in [2.45, 2.75) is 32.4 Å². The predicted octanol–water partition coefficient (Wildman–Crippen LogP) is 4.10. The fraction of sp³-hybridized carbons (Fsp3) is 0.500. The van der Waals surface area contributed by atoms with Crippen molar-refractivity contribution in [2.75, 3.05) is 43.5 Å². The Hall–Kier alpha value is -3.00. The molecular formula is C26H31FN6O. The van der Waals surface area contributed by atoms with Crippen LogP contribution in [0.15, 0.2) is 42.3 Å². The molecule has 3 fully saturated rings. The molecule has 2 bridgehead atoms. The number of aryl methyl sites for hydroxylation is 1. The van der Waals surface area contributed by atoms with Gasteiger partial charge in [-0.15, -0.1) is 0 Å². The Bertz CT molecular complexity index is 1140. The second kappa shape index (κ2) is 8.65. The molecule has 3 saturated heterocycles. The number of rotatable bonds is 5. The lowest BCUT2D eigenvalue weighted by molar-refractivity contribution is 0.0302.